The number of benzene rings is 1. The van der Waals surface area contributed by atoms with E-state index in [1.54, 1.807) is 4.90 Å². The fraction of sp³-hybridized carbons (Fsp3) is 0.462. The molecule has 1 aliphatic heterocycles. The van der Waals surface area contributed by atoms with Gasteiger partial charge in [-0.2, -0.15) is 0 Å². The predicted molar refractivity (Wildman–Crippen MR) is 68.1 cm³/mol. The van der Waals surface area contributed by atoms with E-state index >= 15 is 0 Å². The first-order chi connectivity index (χ1) is 8.52. The fourth-order valence-electron chi connectivity index (χ4n) is 1.88. The molecule has 0 aromatic heterocycles. The Morgan fingerprint density at radius 1 is 1.56 bits per heavy atom. The van der Waals surface area contributed by atoms with Gasteiger partial charge in [-0.25, -0.2) is 4.39 Å². The third-order valence-corrected chi connectivity index (χ3v) is 3.21. The average Bonchev–Trinajstić information content (AvgIpc) is 2.35. The molecule has 98 valence electrons. The van der Waals surface area contributed by atoms with Crippen molar-refractivity contribution < 1.29 is 13.9 Å². The van der Waals surface area contributed by atoms with Crippen molar-refractivity contribution >= 4 is 17.3 Å². The molecule has 4 nitrogen and oxygen atoms in total. The molecule has 18 heavy (non-hydrogen) atoms. The Morgan fingerprint density at radius 2 is 2.28 bits per heavy atom. The number of fused-ring (bicyclic) bond motifs is 1. The summed E-state index contributed by atoms with van der Waals surface area (Å²) in [4.78, 5) is 13.5. The Bertz CT molecular complexity index is 476. The quantitative estimate of drug-likeness (QED) is 0.839. The van der Waals surface area contributed by atoms with Gasteiger partial charge in [0, 0.05) is 12.6 Å². The average molecular weight is 252 g/mol. The van der Waals surface area contributed by atoms with E-state index in [0.29, 0.717) is 23.9 Å². The number of nitrogens with two attached hydrogens (primary N) is 1. The van der Waals surface area contributed by atoms with E-state index in [0.717, 1.165) is 6.42 Å². The van der Waals surface area contributed by atoms with Gasteiger partial charge in [-0.15, -0.1) is 0 Å². The van der Waals surface area contributed by atoms with Crippen molar-refractivity contribution in [2.75, 3.05) is 23.8 Å². The van der Waals surface area contributed by atoms with Crippen LogP contribution in [0.15, 0.2) is 12.1 Å². The fourth-order valence-corrected chi connectivity index (χ4v) is 1.88. The molecule has 0 saturated heterocycles. The molecule has 0 aliphatic carbocycles. The van der Waals surface area contributed by atoms with Gasteiger partial charge in [0.2, 0.25) is 0 Å². The van der Waals surface area contributed by atoms with E-state index in [1.807, 2.05) is 0 Å². The molecule has 1 amide bonds. The van der Waals surface area contributed by atoms with E-state index < -0.39 is 5.82 Å². The minimum Gasteiger partial charge on any atom is -0.481 e. The van der Waals surface area contributed by atoms with E-state index in [-0.39, 0.29) is 18.2 Å². The van der Waals surface area contributed by atoms with Crippen LogP contribution in [0.25, 0.3) is 0 Å². The lowest BCUT2D eigenvalue weighted by molar-refractivity contribution is -0.121. The summed E-state index contributed by atoms with van der Waals surface area (Å²) in [5.41, 5.74) is 6.14. The predicted octanol–water partition coefficient (Wildman–Crippen LogP) is 2.18. The molecule has 1 unspecified atom stereocenters. The maximum atomic E-state index is 13.4. The number of ether oxygens (including phenoxy) is 1. The number of hydrogen-bond acceptors (Lipinski definition) is 3. The number of carbonyl (C=O) groups excluding carboxylic acids is 1. The minimum absolute atomic E-state index is 0.0289. The Labute approximate surface area is 106 Å². The summed E-state index contributed by atoms with van der Waals surface area (Å²) in [5.74, 6) is 0.108. The molecule has 0 saturated carbocycles. The molecule has 1 atom stereocenters. The third-order valence-electron chi connectivity index (χ3n) is 3.21. The van der Waals surface area contributed by atoms with Gasteiger partial charge in [0.15, 0.2) is 6.61 Å². The zero-order valence-electron chi connectivity index (χ0n) is 10.6. The minimum atomic E-state index is -0.522. The van der Waals surface area contributed by atoms with Crippen molar-refractivity contribution in [3.63, 3.8) is 0 Å². The Balaban J connectivity index is 2.37. The first-order valence-corrected chi connectivity index (χ1v) is 6.05. The van der Waals surface area contributed by atoms with Crippen LogP contribution in [0.2, 0.25) is 0 Å². The zero-order valence-corrected chi connectivity index (χ0v) is 10.6. The largest absolute Gasteiger partial charge is 0.481 e. The smallest absolute Gasteiger partial charge is 0.265 e. The molecular formula is C13H17FN2O2. The summed E-state index contributed by atoms with van der Waals surface area (Å²) >= 11 is 0. The van der Waals surface area contributed by atoms with Crippen molar-refractivity contribution in [3.05, 3.63) is 17.9 Å². The van der Waals surface area contributed by atoms with Gasteiger partial charge >= 0.3 is 0 Å². The number of nitrogen functional groups attached to an aromatic ring is 1. The van der Waals surface area contributed by atoms with Gasteiger partial charge in [-0.1, -0.05) is 20.3 Å². The van der Waals surface area contributed by atoms with Crippen molar-refractivity contribution in [3.8, 4) is 5.75 Å². The topological polar surface area (TPSA) is 55.6 Å². The normalized spacial score (nSPS) is 16.2. The zero-order chi connectivity index (χ0) is 13.3. The van der Waals surface area contributed by atoms with Crippen LogP contribution in [0.5, 0.6) is 5.75 Å². The molecule has 1 aromatic carbocycles. The summed E-state index contributed by atoms with van der Waals surface area (Å²) in [6, 6.07) is 2.70. The number of halogens is 1. The standard InChI is InChI=1S/C13H17FN2O2/c1-3-8(2)6-16-11-5-10(15)9(14)4-12(11)18-7-13(16)17/h4-5,8H,3,6-7,15H2,1-2H3. The highest BCUT2D eigenvalue weighted by atomic mass is 19.1. The second-order valence-electron chi connectivity index (χ2n) is 4.65. The number of hydrogen-bond donors (Lipinski definition) is 1. The Hall–Kier alpha value is -1.78. The van der Waals surface area contributed by atoms with Gasteiger partial charge in [0.05, 0.1) is 11.4 Å². The third kappa shape index (κ3) is 2.25. The van der Waals surface area contributed by atoms with Crippen molar-refractivity contribution in [2.24, 2.45) is 5.92 Å². The number of anilines is 2. The molecule has 1 aromatic rings. The van der Waals surface area contributed by atoms with Crippen LogP contribution < -0.4 is 15.4 Å². The van der Waals surface area contributed by atoms with Crippen LogP contribution in [0, 0.1) is 11.7 Å². The molecule has 0 radical (unpaired) electrons. The molecule has 2 N–H and O–H groups in total. The van der Waals surface area contributed by atoms with E-state index in [4.69, 9.17) is 10.5 Å². The lowest BCUT2D eigenvalue weighted by atomic mass is 10.1. The number of amides is 1. The summed E-state index contributed by atoms with van der Waals surface area (Å²) in [6.45, 7) is 4.67. The number of rotatable bonds is 3. The van der Waals surface area contributed by atoms with Crippen LogP contribution >= 0.6 is 0 Å². The summed E-state index contributed by atoms with van der Waals surface area (Å²) in [6.07, 6.45) is 0.969. The van der Waals surface area contributed by atoms with Crippen LogP contribution in [0.3, 0.4) is 0 Å². The highest BCUT2D eigenvalue weighted by Crippen LogP contribution is 2.35. The second-order valence-corrected chi connectivity index (χ2v) is 4.65. The first-order valence-electron chi connectivity index (χ1n) is 6.05. The van der Waals surface area contributed by atoms with E-state index in [2.05, 4.69) is 13.8 Å². The highest BCUT2D eigenvalue weighted by molar-refractivity contribution is 5.98. The van der Waals surface area contributed by atoms with Gasteiger partial charge in [-0.05, 0) is 12.0 Å². The Morgan fingerprint density at radius 3 is 2.94 bits per heavy atom. The molecule has 2 rings (SSSR count). The van der Waals surface area contributed by atoms with Crippen LogP contribution in [-0.4, -0.2) is 19.1 Å². The van der Waals surface area contributed by atoms with Gasteiger partial charge in [-0.3, -0.25) is 4.79 Å². The molecule has 1 heterocycles. The van der Waals surface area contributed by atoms with Gasteiger partial charge in [0.25, 0.3) is 5.91 Å². The second kappa shape index (κ2) is 4.84. The van der Waals surface area contributed by atoms with Crippen LogP contribution in [0.1, 0.15) is 20.3 Å². The van der Waals surface area contributed by atoms with Gasteiger partial charge in [0.1, 0.15) is 11.6 Å². The van der Waals surface area contributed by atoms with Crippen molar-refractivity contribution in [1.29, 1.82) is 0 Å². The molecule has 5 heteroatoms. The van der Waals surface area contributed by atoms with Crippen LogP contribution in [-0.2, 0) is 4.79 Å². The molecule has 0 spiro atoms. The molecule has 0 bridgehead atoms. The molecule has 1 aliphatic rings. The molecular weight excluding hydrogens is 235 g/mol. The summed E-state index contributed by atoms with van der Waals surface area (Å²) < 4.78 is 18.6. The first kappa shape index (κ1) is 12.7. The van der Waals surface area contributed by atoms with E-state index in [1.165, 1.54) is 12.1 Å². The van der Waals surface area contributed by atoms with Crippen molar-refractivity contribution in [1.82, 2.24) is 0 Å². The lowest BCUT2D eigenvalue weighted by Gasteiger charge is -2.31. The number of nitrogens with zero attached hydrogens (tertiary/aromatic N) is 1. The van der Waals surface area contributed by atoms with Crippen LogP contribution in [0.4, 0.5) is 15.8 Å². The number of carbonyl (C=O) groups is 1. The SMILES string of the molecule is CCC(C)CN1C(=O)COc2cc(F)c(N)cc21. The molecule has 0 fully saturated rings. The highest BCUT2D eigenvalue weighted by Gasteiger charge is 2.27. The van der Waals surface area contributed by atoms with Gasteiger partial charge < -0.3 is 15.4 Å². The van der Waals surface area contributed by atoms with Crippen molar-refractivity contribution in [2.45, 2.75) is 20.3 Å². The maximum Gasteiger partial charge on any atom is 0.265 e. The summed E-state index contributed by atoms with van der Waals surface area (Å²) in [7, 11) is 0. The monoisotopic (exact) mass is 252 g/mol. The lowest BCUT2D eigenvalue weighted by Crippen LogP contribution is -2.41. The van der Waals surface area contributed by atoms with E-state index in [9.17, 15) is 9.18 Å². The Kier molecular flexibility index (Phi) is 3.41. The maximum absolute atomic E-state index is 13.4. The summed E-state index contributed by atoms with van der Waals surface area (Å²) in [5, 5.41) is 0.